The fourth-order valence-corrected chi connectivity index (χ4v) is 4.98. The van der Waals surface area contributed by atoms with Crippen LogP contribution in [0.25, 0.3) is 0 Å². The Morgan fingerprint density at radius 3 is 2.39 bits per heavy atom. The molecule has 3 aromatic carbocycles. The fraction of sp³-hybridized carbons (Fsp3) is 0.115. The number of benzene rings is 3. The van der Waals surface area contributed by atoms with Crippen molar-refractivity contribution in [3.8, 4) is 6.07 Å². The minimum absolute atomic E-state index is 0.136. The molecule has 4 rings (SSSR count). The third-order valence-electron chi connectivity index (χ3n) is 5.18. The number of hydrogen-bond acceptors (Lipinski definition) is 4. The number of nitrogens with zero attached hydrogens (tertiary/aromatic N) is 2. The molecule has 1 heterocycles. The van der Waals surface area contributed by atoms with E-state index in [1.54, 1.807) is 36.4 Å². The molecular weight excluding hydrogens is 454 g/mol. The number of halogens is 1. The van der Waals surface area contributed by atoms with Gasteiger partial charge < -0.3 is 5.32 Å². The number of rotatable bonds is 5. The van der Waals surface area contributed by atoms with Gasteiger partial charge in [0, 0.05) is 5.69 Å². The Balaban J connectivity index is 1.72. The van der Waals surface area contributed by atoms with E-state index >= 15 is 0 Å². The van der Waals surface area contributed by atoms with Gasteiger partial charge in [0.25, 0.3) is 5.91 Å². The van der Waals surface area contributed by atoms with Crippen LogP contribution in [-0.4, -0.2) is 17.1 Å². The second kappa shape index (κ2) is 9.95. The van der Waals surface area contributed by atoms with Crippen molar-refractivity contribution in [1.29, 1.82) is 5.26 Å². The van der Waals surface area contributed by atoms with Gasteiger partial charge in [-0.1, -0.05) is 83.5 Å². The van der Waals surface area contributed by atoms with Gasteiger partial charge in [0.15, 0.2) is 0 Å². The monoisotopic (exact) mass is 473 g/mol. The normalized spacial score (nSPS) is 16.9. The SMILES string of the molecule is Cc1ccc(C[C@H]2S/C(=C(/C#N)C(=O)Nc3ccccc3Cl)N(c3ccccc3)C2=O)cc1. The van der Waals surface area contributed by atoms with Crippen LogP contribution in [0.1, 0.15) is 11.1 Å². The first-order valence-corrected chi connectivity index (χ1v) is 11.5. The number of para-hydroxylation sites is 2. The van der Waals surface area contributed by atoms with E-state index in [0.717, 1.165) is 11.1 Å². The number of hydrogen-bond donors (Lipinski definition) is 1. The molecule has 0 saturated carbocycles. The smallest absolute Gasteiger partial charge is 0.269 e. The van der Waals surface area contributed by atoms with Crippen molar-refractivity contribution in [2.24, 2.45) is 0 Å². The van der Waals surface area contributed by atoms with Gasteiger partial charge in [-0.3, -0.25) is 14.5 Å². The van der Waals surface area contributed by atoms with Gasteiger partial charge in [-0.05, 0) is 43.2 Å². The van der Waals surface area contributed by atoms with Crippen molar-refractivity contribution in [2.45, 2.75) is 18.6 Å². The van der Waals surface area contributed by atoms with Crippen LogP contribution in [0.3, 0.4) is 0 Å². The second-order valence-electron chi connectivity index (χ2n) is 7.53. The number of thioether (sulfide) groups is 1. The number of carbonyl (C=O) groups excluding carboxylic acids is 2. The highest BCUT2D eigenvalue weighted by Crippen LogP contribution is 2.42. The summed E-state index contributed by atoms with van der Waals surface area (Å²) in [6.07, 6.45) is 0.488. The number of amides is 2. The fourth-order valence-electron chi connectivity index (χ4n) is 3.48. The van der Waals surface area contributed by atoms with Crippen LogP contribution in [0.5, 0.6) is 0 Å². The summed E-state index contributed by atoms with van der Waals surface area (Å²) in [5.41, 5.74) is 3.02. The molecule has 5 nitrogen and oxygen atoms in total. The van der Waals surface area contributed by atoms with Crippen LogP contribution in [0.2, 0.25) is 5.02 Å². The first-order chi connectivity index (χ1) is 16.0. The van der Waals surface area contributed by atoms with Crippen molar-refractivity contribution in [2.75, 3.05) is 10.2 Å². The Hall–Kier alpha value is -3.53. The minimum atomic E-state index is -0.613. The van der Waals surface area contributed by atoms with E-state index in [9.17, 15) is 14.9 Å². The molecule has 0 unspecified atom stereocenters. The lowest BCUT2D eigenvalue weighted by atomic mass is 10.1. The lowest BCUT2D eigenvalue weighted by Crippen LogP contribution is -2.30. The van der Waals surface area contributed by atoms with Crippen molar-refractivity contribution >= 4 is 46.6 Å². The zero-order valence-electron chi connectivity index (χ0n) is 17.8. The molecule has 3 aromatic rings. The molecule has 1 fully saturated rings. The molecule has 1 N–H and O–H groups in total. The van der Waals surface area contributed by atoms with Crippen molar-refractivity contribution in [3.05, 3.63) is 106 Å². The first-order valence-electron chi connectivity index (χ1n) is 10.3. The molecule has 0 radical (unpaired) electrons. The summed E-state index contributed by atoms with van der Waals surface area (Å²) in [6.45, 7) is 2.01. The first kappa shape index (κ1) is 22.7. The van der Waals surface area contributed by atoms with Crippen LogP contribution in [0.15, 0.2) is 89.5 Å². The van der Waals surface area contributed by atoms with Gasteiger partial charge in [0.2, 0.25) is 5.91 Å². The number of aryl methyl sites for hydroxylation is 1. The highest BCUT2D eigenvalue weighted by molar-refractivity contribution is 8.05. The third-order valence-corrected chi connectivity index (χ3v) is 6.78. The summed E-state index contributed by atoms with van der Waals surface area (Å²) in [5, 5.41) is 12.8. The van der Waals surface area contributed by atoms with Crippen LogP contribution < -0.4 is 10.2 Å². The van der Waals surface area contributed by atoms with Crippen molar-refractivity contribution < 1.29 is 9.59 Å². The summed E-state index contributed by atoms with van der Waals surface area (Å²) in [4.78, 5) is 28.0. The van der Waals surface area contributed by atoms with Gasteiger partial charge in [0.05, 0.1) is 16.0 Å². The maximum Gasteiger partial charge on any atom is 0.269 e. The molecule has 0 spiro atoms. The molecule has 1 aliphatic rings. The van der Waals surface area contributed by atoms with Crippen LogP contribution >= 0.6 is 23.4 Å². The molecule has 1 atom stereocenters. The van der Waals surface area contributed by atoms with Gasteiger partial charge in [0.1, 0.15) is 16.7 Å². The van der Waals surface area contributed by atoms with Crippen molar-refractivity contribution in [3.63, 3.8) is 0 Å². The standard InChI is InChI=1S/C26H20ClN3O2S/c1-17-11-13-18(14-12-17)15-23-25(32)30(19-7-3-2-4-8-19)26(33-23)20(16-28)24(31)29-22-10-6-5-9-21(22)27/h2-14,23H,15H2,1H3,(H,29,31)/b26-20-/t23-/m1/s1. The maximum absolute atomic E-state index is 13.5. The number of nitriles is 1. The average molecular weight is 474 g/mol. The quantitative estimate of drug-likeness (QED) is 0.380. The molecule has 164 valence electrons. The Morgan fingerprint density at radius 2 is 1.73 bits per heavy atom. The van der Waals surface area contributed by atoms with Gasteiger partial charge >= 0.3 is 0 Å². The molecule has 2 amide bonds. The Bertz CT molecular complexity index is 1270. The maximum atomic E-state index is 13.5. The molecular formula is C26H20ClN3O2S. The van der Waals surface area contributed by atoms with Crippen LogP contribution in [0.4, 0.5) is 11.4 Å². The zero-order chi connectivity index (χ0) is 23.4. The Morgan fingerprint density at radius 1 is 1.06 bits per heavy atom. The van der Waals surface area contributed by atoms with Gasteiger partial charge in [-0.25, -0.2) is 0 Å². The summed E-state index contributed by atoms with van der Waals surface area (Å²) in [7, 11) is 0. The molecule has 0 aromatic heterocycles. The predicted molar refractivity (Wildman–Crippen MR) is 133 cm³/mol. The highest BCUT2D eigenvalue weighted by Gasteiger charge is 2.40. The molecule has 1 aliphatic heterocycles. The van der Waals surface area contributed by atoms with Gasteiger partial charge in [-0.2, -0.15) is 5.26 Å². The van der Waals surface area contributed by atoms with Crippen LogP contribution in [-0.2, 0) is 16.0 Å². The second-order valence-corrected chi connectivity index (χ2v) is 9.13. The molecule has 0 aliphatic carbocycles. The van der Waals surface area contributed by atoms with E-state index in [0.29, 0.717) is 27.8 Å². The lowest BCUT2D eigenvalue weighted by Gasteiger charge is -2.18. The Kier molecular flexibility index (Phi) is 6.83. The van der Waals surface area contributed by atoms with E-state index in [1.165, 1.54) is 16.7 Å². The summed E-state index contributed by atoms with van der Waals surface area (Å²) in [6, 6.07) is 25.8. The molecule has 0 bridgehead atoms. The number of nitrogens with one attached hydrogen (secondary N) is 1. The summed E-state index contributed by atoms with van der Waals surface area (Å²) < 4.78 is 0. The molecule has 33 heavy (non-hydrogen) atoms. The van der Waals surface area contributed by atoms with E-state index < -0.39 is 11.2 Å². The summed E-state index contributed by atoms with van der Waals surface area (Å²) >= 11 is 7.40. The molecule has 1 saturated heterocycles. The topological polar surface area (TPSA) is 73.2 Å². The largest absolute Gasteiger partial charge is 0.320 e. The predicted octanol–water partition coefficient (Wildman–Crippen LogP) is 5.71. The number of anilines is 2. The Labute approximate surface area is 201 Å². The third kappa shape index (κ3) is 4.95. The summed E-state index contributed by atoms with van der Waals surface area (Å²) in [5.74, 6) is -0.780. The highest BCUT2D eigenvalue weighted by atomic mass is 35.5. The zero-order valence-corrected chi connectivity index (χ0v) is 19.4. The van der Waals surface area contributed by atoms with E-state index in [4.69, 9.17) is 11.6 Å². The average Bonchev–Trinajstić information content (AvgIpc) is 3.13. The molecule has 7 heteroatoms. The van der Waals surface area contributed by atoms with Crippen molar-refractivity contribution in [1.82, 2.24) is 0 Å². The van der Waals surface area contributed by atoms with E-state index in [-0.39, 0.29) is 11.5 Å². The van der Waals surface area contributed by atoms with Crippen LogP contribution in [0, 0.1) is 18.3 Å². The lowest BCUT2D eigenvalue weighted by molar-refractivity contribution is -0.117. The van der Waals surface area contributed by atoms with E-state index in [2.05, 4.69) is 5.32 Å². The minimum Gasteiger partial charge on any atom is -0.320 e. The van der Waals surface area contributed by atoms with Gasteiger partial charge in [-0.15, -0.1) is 0 Å². The van der Waals surface area contributed by atoms with E-state index in [1.807, 2.05) is 55.5 Å². The number of carbonyl (C=O) groups is 2.